The standard InChI is InChI=1S/C20H19N7O/c21-12-17-4-3-5-18(24-17)15-27-14-16(13-23-27)20(28)26-10-8-25(9-11-26)19-6-1-2-7-22-19/h1-7,13-14H,8-11,15H2. The van der Waals surface area contributed by atoms with Crippen molar-refractivity contribution in [2.24, 2.45) is 0 Å². The minimum absolute atomic E-state index is 0.0225. The van der Waals surface area contributed by atoms with E-state index in [1.165, 1.54) is 0 Å². The van der Waals surface area contributed by atoms with Gasteiger partial charge in [-0.2, -0.15) is 10.4 Å². The number of rotatable bonds is 4. The molecule has 4 rings (SSSR count). The molecule has 0 aliphatic carbocycles. The molecule has 3 aromatic heterocycles. The summed E-state index contributed by atoms with van der Waals surface area (Å²) in [5.41, 5.74) is 1.65. The normalized spacial score (nSPS) is 14.0. The fourth-order valence-electron chi connectivity index (χ4n) is 3.22. The average molecular weight is 373 g/mol. The minimum atomic E-state index is -0.0225. The number of nitrogens with zero attached hydrogens (tertiary/aromatic N) is 7. The maximum Gasteiger partial charge on any atom is 0.257 e. The van der Waals surface area contributed by atoms with E-state index in [1.807, 2.05) is 35.2 Å². The molecule has 0 unspecified atom stereocenters. The van der Waals surface area contributed by atoms with Crippen LogP contribution in [0.15, 0.2) is 55.0 Å². The molecule has 0 saturated carbocycles. The quantitative estimate of drug-likeness (QED) is 0.689. The van der Waals surface area contributed by atoms with Gasteiger partial charge in [-0.25, -0.2) is 9.97 Å². The number of pyridine rings is 2. The first-order chi connectivity index (χ1) is 13.7. The fraction of sp³-hybridized carbons (Fsp3) is 0.250. The lowest BCUT2D eigenvalue weighted by atomic mass is 10.2. The number of aromatic nitrogens is 4. The molecule has 1 amide bonds. The van der Waals surface area contributed by atoms with Crippen molar-refractivity contribution in [1.29, 1.82) is 5.26 Å². The first kappa shape index (κ1) is 17.7. The maximum absolute atomic E-state index is 12.8. The lowest BCUT2D eigenvalue weighted by Gasteiger charge is -2.35. The van der Waals surface area contributed by atoms with Gasteiger partial charge in [0, 0.05) is 38.6 Å². The van der Waals surface area contributed by atoms with Crippen molar-refractivity contribution in [3.63, 3.8) is 0 Å². The Morgan fingerprint density at radius 3 is 2.71 bits per heavy atom. The Morgan fingerprint density at radius 2 is 1.96 bits per heavy atom. The van der Waals surface area contributed by atoms with Crippen LogP contribution < -0.4 is 4.90 Å². The second-order valence-corrected chi connectivity index (χ2v) is 6.52. The van der Waals surface area contributed by atoms with Crippen LogP contribution in [0.25, 0.3) is 0 Å². The summed E-state index contributed by atoms with van der Waals surface area (Å²) in [4.78, 5) is 25.4. The van der Waals surface area contributed by atoms with Gasteiger partial charge in [-0.3, -0.25) is 9.48 Å². The molecule has 28 heavy (non-hydrogen) atoms. The topological polar surface area (TPSA) is 90.9 Å². The summed E-state index contributed by atoms with van der Waals surface area (Å²) >= 11 is 0. The van der Waals surface area contributed by atoms with E-state index >= 15 is 0 Å². The lowest BCUT2D eigenvalue weighted by molar-refractivity contribution is 0.0746. The summed E-state index contributed by atoms with van der Waals surface area (Å²) in [6, 6.07) is 13.2. The number of nitriles is 1. The predicted molar refractivity (Wildman–Crippen MR) is 103 cm³/mol. The molecule has 8 nitrogen and oxygen atoms in total. The van der Waals surface area contributed by atoms with Crippen LogP contribution in [-0.2, 0) is 6.54 Å². The van der Waals surface area contributed by atoms with Crippen molar-refractivity contribution in [2.45, 2.75) is 6.54 Å². The van der Waals surface area contributed by atoms with E-state index in [2.05, 4.69) is 20.0 Å². The fourth-order valence-corrected chi connectivity index (χ4v) is 3.22. The van der Waals surface area contributed by atoms with Crippen molar-refractivity contribution < 1.29 is 4.79 Å². The van der Waals surface area contributed by atoms with E-state index in [0.29, 0.717) is 30.9 Å². The van der Waals surface area contributed by atoms with E-state index in [1.54, 1.807) is 35.4 Å². The number of carbonyl (C=O) groups excluding carboxylic acids is 1. The van der Waals surface area contributed by atoms with E-state index in [4.69, 9.17) is 5.26 Å². The molecule has 0 spiro atoms. The number of amides is 1. The highest BCUT2D eigenvalue weighted by molar-refractivity contribution is 5.93. The van der Waals surface area contributed by atoms with E-state index in [0.717, 1.165) is 24.6 Å². The molecular weight excluding hydrogens is 354 g/mol. The largest absolute Gasteiger partial charge is 0.353 e. The molecule has 0 aromatic carbocycles. The van der Waals surface area contributed by atoms with Gasteiger partial charge >= 0.3 is 0 Å². The molecule has 0 bridgehead atoms. The van der Waals surface area contributed by atoms with Gasteiger partial charge in [-0.15, -0.1) is 0 Å². The highest BCUT2D eigenvalue weighted by Gasteiger charge is 2.23. The Morgan fingerprint density at radius 1 is 1.11 bits per heavy atom. The number of anilines is 1. The van der Waals surface area contributed by atoms with Gasteiger partial charge in [0.1, 0.15) is 17.6 Å². The van der Waals surface area contributed by atoms with Crippen LogP contribution in [0.4, 0.5) is 5.82 Å². The zero-order valence-corrected chi connectivity index (χ0v) is 15.3. The van der Waals surface area contributed by atoms with Gasteiger partial charge < -0.3 is 9.80 Å². The van der Waals surface area contributed by atoms with Crippen LogP contribution in [0, 0.1) is 11.3 Å². The maximum atomic E-state index is 12.8. The third-order valence-corrected chi connectivity index (χ3v) is 4.67. The molecule has 3 aromatic rings. The minimum Gasteiger partial charge on any atom is -0.353 e. The summed E-state index contributed by atoms with van der Waals surface area (Å²) in [5.74, 6) is 0.917. The zero-order chi connectivity index (χ0) is 19.3. The Kier molecular flexibility index (Phi) is 4.97. The van der Waals surface area contributed by atoms with Crippen molar-refractivity contribution in [3.8, 4) is 6.07 Å². The molecule has 8 heteroatoms. The third-order valence-electron chi connectivity index (χ3n) is 4.67. The van der Waals surface area contributed by atoms with Crippen LogP contribution in [-0.4, -0.2) is 56.7 Å². The van der Waals surface area contributed by atoms with Gasteiger partial charge in [0.2, 0.25) is 0 Å². The lowest BCUT2D eigenvalue weighted by Crippen LogP contribution is -2.49. The van der Waals surface area contributed by atoms with Crippen LogP contribution in [0.5, 0.6) is 0 Å². The number of piperazine rings is 1. The van der Waals surface area contributed by atoms with Gasteiger partial charge in [0.25, 0.3) is 5.91 Å². The summed E-state index contributed by atoms with van der Waals surface area (Å²) in [6.45, 7) is 3.21. The van der Waals surface area contributed by atoms with Gasteiger partial charge in [-0.1, -0.05) is 12.1 Å². The Labute approximate surface area is 162 Å². The molecule has 1 aliphatic heterocycles. The summed E-state index contributed by atoms with van der Waals surface area (Å²) in [7, 11) is 0. The third kappa shape index (κ3) is 3.83. The van der Waals surface area contributed by atoms with Crippen molar-refractivity contribution in [2.75, 3.05) is 31.1 Å². The summed E-state index contributed by atoms with van der Waals surface area (Å²) in [5, 5.41) is 13.2. The van der Waals surface area contributed by atoms with Crippen molar-refractivity contribution in [3.05, 3.63) is 71.9 Å². The second kappa shape index (κ2) is 7.88. The molecular formula is C20H19N7O. The van der Waals surface area contributed by atoms with E-state index in [9.17, 15) is 4.79 Å². The van der Waals surface area contributed by atoms with Crippen LogP contribution >= 0.6 is 0 Å². The van der Waals surface area contributed by atoms with Crippen LogP contribution in [0.1, 0.15) is 21.7 Å². The molecule has 1 saturated heterocycles. The average Bonchev–Trinajstić information content (AvgIpc) is 3.22. The van der Waals surface area contributed by atoms with Gasteiger partial charge in [-0.05, 0) is 24.3 Å². The molecule has 0 atom stereocenters. The molecule has 1 fully saturated rings. The Balaban J connectivity index is 1.38. The molecule has 0 N–H and O–H groups in total. The molecule has 1 aliphatic rings. The number of carbonyl (C=O) groups is 1. The second-order valence-electron chi connectivity index (χ2n) is 6.52. The van der Waals surface area contributed by atoms with Crippen molar-refractivity contribution in [1.82, 2.24) is 24.6 Å². The number of hydrogen-bond acceptors (Lipinski definition) is 6. The Bertz CT molecular complexity index is 1000. The SMILES string of the molecule is N#Cc1cccc(Cn2cc(C(=O)N3CCN(c4ccccn4)CC3)cn2)n1. The van der Waals surface area contributed by atoms with E-state index in [-0.39, 0.29) is 5.91 Å². The summed E-state index contributed by atoms with van der Waals surface area (Å²) < 4.78 is 1.67. The highest BCUT2D eigenvalue weighted by Crippen LogP contribution is 2.14. The molecule has 4 heterocycles. The monoisotopic (exact) mass is 373 g/mol. The van der Waals surface area contributed by atoms with Gasteiger partial charge in [0.05, 0.1) is 24.0 Å². The molecule has 0 radical (unpaired) electrons. The van der Waals surface area contributed by atoms with E-state index < -0.39 is 0 Å². The van der Waals surface area contributed by atoms with Crippen LogP contribution in [0.2, 0.25) is 0 Å². The highest BCUT2D eigenvalue weighted by atomic mass is 16.2. The first-order valence-electron chi connectivity index (χ1n) is 9.07. The first-order valence-corrected chi connectivity index (χ1v) is 9.07. The smallest absolute Gasteiger partial charge is 0.257 e. The Hall–Kier alpha value is -3.73. The van der Waals surface area contributed by atoms with Crippen molar-refractivity contribution >= 4 is 11.7 Å². The number of hydrogen-bond donors (Lipinski definition) is 0. The summed E-state index contributed by atoms with van der Waals surface area (Å²) in [6.07, 6.45) is 5.10. The van der Waals surface area contributed by atoms with Crippen LogP contribution in [0.3, 0.4) is 0 Å². The van der Waals surface area contributed by atoms with Gasteiger partial charge in [0.15, 0.2) is 0 Å². The zero-order valence-electron chi connectivity index (χ0n) is 15.3. The molecule has 140 valence electrons. The predicted octanol–water partition coefficient (Wildman–Crippen LogP) is 1.56.